The molecule has 2 N–H and O–H groups in total. The Kier molecular flexibility index (Phi) is 19.3. The third-order valence-corrected chi connectivity index (χ3v) is 18.5. The lowest BCUT2D eigenvalue weighted by Crippen LogP contribution is -2.41. The number of ether oxygens (including phenoxy) is 1. The number of hydrogen-bond donors (Lipinski definition) is 2. The molecule has 0 unspecified atom stereocenters. The molecule has 4 aromatic carbocycles. The van der Waals surface area contributed by atoms with E-state index in [2.05, 4.69) is 173 Å². The normalized spacial score (nSPS) is 18.1. The van der Waals surface area contributed by atoms with Crippen molar-refractivity contribution in [1.82, 2.24) is 4.98 Å². The van der Waals surface area contributed by atoms with Crippen LogP contribution < -0.4 is 5.46 Å². The lowest BCUT2D eigenvalue weighted by molar-refractivity contribution is -0.142. The summed E-state index contributed by atoms with van der Waals surface area (Å²) in [5.41, 5.74) is 14.4. The van der Waals surface area contributed by atoms with Crippen molar-refractivity contribution in [2.24, 2.45) is 0 Å². The Bertz CT molecular complexity index is 2840. The topological polar surface area (TPSA) is 98.1 Å². The second-order valence-electron chi connectivity index (χ2n) is 23.9. The van der Waals surface area contributed by atoms with Crippen molar-refractivity contribution >= 4 is 30.7 Å². The molecule has 0 atom stereocenters. The van der Waals surface area contributed by atoms with Gasteiger partial charge in [0.05, 0.1) is 41.1 Å². The van der Waals surface area contributed by atoms with Crippen molar-refractivity contribution in [3.63, 3.8) is 0 Å². The first kappa shape index (κ1) is 59.5. The number of benzene rings is 4. The number of hydrogen-bond acceptors (Lipinski definition) is 7. The van der Waals surface area contributed by atoms with E-state index in [0.29, 0.717) is 6.61 Å². The third kappa shape index (κ3) is 13.3. The Morgan fingerprint density at radius 2 is 1.01 bits per heavy atom. The Balaban J connectivity index is 0.000000224. The first-order valence-corrected chi connectivity index (χ1v) is 29.3. The Labute approximate surface area is 464 Å². The number of nitrogens with zero attached hydrogens (tertiary/aromatic N) is 1. The summed E-state index contributed by atoms with van der Waals surface area (Å²) in [6.45, 7) is 28.5. The highest BCUT2D eigenvalue weighted by atomic mass is 16.7. The van der Waals surface area contributed by atoms with Gasteiger partial charge in [0, 0.05) is 22.6 Å². The van der Waals surface area contributed by atoms with Crippen LogP contribution in [0, 0.1) is 27.7 Å². The molecule has 0 bridgehead atoms. The van der Waals surface area contributed by atoms with E-state index in [1.54, 1.807) is 6.20 Å². The van der Waals surface area contributed by atoms with Crippen LogP contribution in [0.4, 0.5) is 0 Å². The highest BCUT2D eigenvalue weighted by Crippen LogP contribution is 2.43. The molecule has 0 radical (unpaired) electrons. The van der Waals surface area contributed by atoms with Crippen LogP contribution in [-0.2, 0) is 36.1 Å². The predicted molar refractivity (Wildman–Crippen MR) is 321 cm³/mol. The standard InChI is InChI=1S/C36H45NO3.C33H47BO3/c1-6-36(7-2,30-14-13-29(26(4)22-30)18-21-35(39)19-10-9-11-20-35)31-15-16-32(27(5)23-31)33-17-12-28(25-37-33)24-34(38)40-8-3;1-9-33(10-2,27-15-14-26(24(3)22-27)18-21-32(35)19-12-11-13-20-32)28-16-17-29(25(4)23-28)34-36-30(5,6)31(7,8)37-34/h12-18,21-23,25,39H,6-11,19-20,24H2,1-5H3;14-18,21-23,35H,9-13,19-20H2,1-8H3/b2*21-18+. The molecule has 8 rings (SSSR count). The average Bonchev–Trinajstić information content (AvgIpc) is 3.63. The SMILES string of the molecule is CCC(CC)(c1ccc(/C=C/C2(O)CCCCC2)c(C)c1)c1ccc(B2OC(C)(C)C(C)(C)O2)c(C)c1.CCOC(=O)Cc1ccc(-c2ccc(C(CC)(CC)c3ccc(/C=C/C4(O)CCCCC4)c(C)c3)cc2C)nc1. The molecule has 2 saturated carbocycles. The van der Waals surface area contributed by atoms with Crippen LogP contribution in [0.1, 0.15) is 213 Å². The Morgan fingerprint density at radius 3 is 1.40 bits per heavy atom. The number of carbonyl (C=O) groups excluding carboxylic acids is 1. The van der Waals surface area contributed by atoms with Crippen LogP contribution in [0.5, 0.6) is 0 Å². The van der Waals surface area contributed by atoms with Gasteiger partial charge in [0.15, 0.2) is 0 Å². The van der Waals surface area contributed by atoms with E-state index < -0.39 is 11.2 Å². The second kappa shape index (κ2) is 24.9. The molecule has 1 aliphatic heterocycles. The molecular formula is C69H92BNO6. The third-order valence-electron chi connectivity index (χ3n) is 18.5. The first-order chi connectivity index (χ1) is 36.6. The number of esters is 1. The van der Waals surface area contributed by atoms with E-state index in [9.17, 15) is 15.0 Å². The fraction of sp³-hybridized carbons (Fsp3) is 0.507. The number of carbonyl (C=O) groups is 1. The fourth-order valence-corrected chi connectivity index (χ4v) is 12.5. The van der Waals surface area contributed by atoms with Gasteiger partial charge < -0.3 is 24.3 Å². The number of aliphatic hydroxyl groups is 2. The summed E-state index contributed by atoms with van der Waals surface area (Å²) >= 11 is 0. The maximum Gasteiger partial charge on any atom is 0.495 e. The van der Waals surface area contributed by atoms with Gasteiger partial charge in [-0.3, -0.25) is 9.78 Å². The summed E-state index contributed by atoms with van der Waals surface area (Å²) in [5, 5.41) is 21.8. The maximum atomic E-state index is 11.8. The van der Waals surface area contributed by atoms with Crippen molar-refractivity contribution in [2.45, 2.75) is 220 Å². The zero-order valence-corrected chi connectivity index (χ0v) is 49.3. The summed E-state index contributed by atoms with van der Waals surface area (Å²) in [6.07, 6.45) is 24.7. The van der Waals surface area contributed by atoms with Gasteiger partial charge in [-0.05, 0) is 181 Å². The van der Waals surface area contributed by atoms with Crippen molar-refractivity contribution in [1.29, 1.82) is 0 Å². The van der Waals surface area contributed by atoms with Gasteiger partial charge in [0.2, 0.25) is 0 Å². The van der Waals surface area contributed by atoms with Gasteiger partial charge in [-0.2, -0.15) is 0 Å². The monoisotopic (exact) mass is 1040 g/mol. The van der Waals surface area contributed by atoms with Gasteiger partial charge in [-0.15, -0.1) is 0 Å². The minimum Gasteiger partial charge on any atom is -0.466 e. The summed E-state index contributed by atoms with van der Waals surface area (Å²) in [6, 6.07) is 31.3. The van der Waals surface area contributed by atoms with Crippen molar-refractivity contribution < 1.29 is 29.1 Å². The van der Waals surface area contributed by atoms with Gasteiger partial charge >= 0.3 is 13.1 Å². The van der Waals surface area contributed by atoms with E-state index in [1.165, 1.54) is 68.5 Å². The highest BCUT2D eigenvalue weighted by Gasteiger charge is 2.52. The van der Waals surface area contributed by atoms with Crippen LogP contribution >= 0.6 is 0 Å². The average molecular weight is 1040 g/mol. The molecule has 1 aromatic heterocycles. The minimum atomic E-state index is -0.657. The van der Waals surface area contributed by atoms with Crippen LogP contribution in [-0.4, -0.2) is 57.3 Å². The number of aromatic nitrogens is 1. The minimum absolute atomic E-state index is 0.0617. The Hall–Kier alpha value is -5.12. The molecule has 0 spiro atoms. The number of pyridine rings is 1. The van der Waals surface area contributed by atoms with Crippen molar-refractivity contribution in [2.75, 3.05) is 6.61 Å². The van der Waals surface area contributed by atoms with Gasteiger partial charge in [-0.1, -0.05) is 175 Å². The number of rotatable bonds is 17. The summed E-state index contributed by atoms with van der Waals surface area (Å²) in [7, 11) is -0.344. The van der Waals surface area contributed by atoms with E-state index in [1.807, 2.05) is 31.2 Å². The van der Waals surface area contributed by atoms with Gasteiger partial charge in [-0.25, -0.2) is 0 Å². The largest absolute Gasteiger partial charge is 0.495 e. The number of aryl methyl sites for hydroxylation is 4. The van der Waals surface area contributed by atoms with Crippen molar-refractivity contribution in [3.05, 3.63) is 164 Å². The molecular weight excluding hydrogens is 950 g/mol. The quantitative estimate of drug-likeness (QED) is 0.0707. The summed E-state index contributed by atoms with van der Waals surface area (Å²) in [4.78, 5) is 16.5. The summed E-state index contributed by atoms with van der Waals surface area (Å²) in [5.74, 6) is -0.228. The van der Waals surface area contributed by atoms with Crippen LogP contribution in [0.3, 0.4) is 0 Å². The molecule has 3 fully saturated rings. The van der Waals surface area contributed by atoms with Crippen LogP contribution in [0.25, 0.3) is 23.4 Å². The van der Waals surface area contributed by atoms with Gasteiger partial charge in [0.1, 0.15) is 0 Å². The lowest BCUT2D eigenvalue weighted by atomic mass is 9.68. The van der Waals surface area contributed by atoms with E-state index in [-0.39, 0.29) is 41.5 Å². The predicted octanol–water partition coefficient (Wildman–Crippen LogP) is 15.7. The fourth-order valence-electron chi connectivity index (χ4n) is 12.5. The molecule has 77 heavy (non-hydrogen) atoms. The zero-order valence-electron chi connectivity index (χ0n) is 49.3. The molecule has 1 saturated heterocycles. The van der Waals surface area contributed by atoms with E-state index in [4.69, 9.17) is 14.0 Å². The molecule has 5 aromatic rings. The molecule has 7 nitrogen and oxygen atoms in total. The van der Waals surface area contributed by atoms with Gasteiger partial charge in [0.25, 0.3) is 0 Å². The molecule has 0 amide bonds. The maximum absolute atomic E-state index is 11.8. The van der Waals surface area contributed by atoms with Crippen LogP contribution in [0.15, 0.2) is 103 Å². The zero-order chi connectivity index (χ0) is 55.8. The second-order valence-corrected chi connectivity index (χ2v) is 23.9. The molecule has 2 heterocycles. The highest BCUT2D eigenvalue weighted by molar-refractivity contribution is 6.62. The summed E-state index contributed by atoms with van der Waals surface area (Å²) < 4.78 is 17.8. The lowest BCUT2D eigenvalue weighted by Gasteiger charge is -2.34. The molecule has 2 aliphatic carbocycles. The first-order valence-electron chi connectivity index (χ1n) is 29.3. The smallest absolute Gasteiger partial charge is 0.466 e. The Morgan fingerprint density at radius 1 is 0.584 bits per heavy atom. The van der Waals surface area contributed by atoms with Crippen LogP contribution in [0.2, 0.25) is 0 Å². The molecule has 412 valence electrons. The molecule has 8 heteroatoms. The van der Waals surface area contributed by atoms with Crippen molar-refractivity contribution in [3.8, 4) is 11.3 Å². The molecule has 3 aliphatic rings. The van der Waals surface area contributed by atoms with E-state index >= 15 is 0 Å². The van der Waals surface area contributed by atoms with E-state index in [0.717, 1.165) is 99.3 Å².